The summed E-state index contributed by atoms with van der Waals surface area (Å²) in [5.41, 5.74) is 4.04. The lowest BCUT2D eigenvalue weighted by Gasteiger charge is -2.18. The molecule has 1 aliphatic rings. The number of fused-ring (bicyclic) bond motifs is 1. The Kier molecular flexibility index (Phi) is 3.88. The van der Waals surface area contributed by atoms with Crippen LogP contribution in [0.5, 0.6) is 0 Å². The van der Waals surface area contributed by atoms with Gasteiger partial charge in [-0.05, 0) is 75.5 Å². The first-order valence-electron chi connectivity index (χ1n) is 6.88. The molecule has 1 N–H and O–H groups in total. The quantitative estimate of drug-likeness (QED) is 0.840. The highest BCUT2D eigenvalue weighted by Gasteiger charge is 2.12. The summed E-state index contributed by atoms with van der Waals surface area (Å²) in [5, 5.41) is 9.69. The van der Waals surface area contributed by atoms with Gasteiger partial charge in [0.1, 0.15) is 0 Å². The second-order valence-corrected chi connectivity index (χ2v) is 5.98. The fraction of sp³-hybridized carbons (Fsp3) is 0.625. The molecule has 1 aliphatic carbocycles. The first-order valence-corrected chi connectivity index (χ1v) is 6.88. The van der Waals surface area contributed by atoms with Crippen LogP contribution in [0.4, 0.5) is 0 Å². The van der Waals surface area contributed by atoms with Crippen LogP contribution in [-0.2, 0) is 19.3 Å². The van der Waals surface area contributed by atoms with E-state index in [4.69, 9.17) is 0 Å². The zero-order valence-electron chi connectivity index (χ0n) is 11.1. The summed E-state index contributed by atoms with van der Waals surface area (Å²) in [4.78, 5) is 0. The number of hydrogen-bond donors (Lipinski definition) is 1. The second-order valence-electron chi connectivity index (χ2n) is 5.98. The number of hydrogen-bond acceptors (Lipinski definition) is 1. The molecule has 0 heterocycles. The maximum absolute atomic E-state index is 9.69. The summed E-state index contributed by atoms with van der Waals surface area (Å²) in [6.07, 6.45) is 8.27. The van der Waals surface area contributed by atoms with Crippen molar-refractivity contribution in [2.24, 2.45) is 0 Å². The number of aliphatic hydroxyl groups is 1. The Morgan fingerprint density at radius 3 is 2.53 bits per heavy atom. The lowest BCUT2D eigenvalue weighted by molar-refractivity contribution is 0.0689. The molecule has 1 aromatic rings. The van der Waals surface area contributed by atoms with E-state index in [1.165, 1.54) is 31.2 Å². The standard InChI is InChI=1S/C16H24O/c1-16(2,17)11-5-6-13-9-10-14-7-3-4-8-15(14)12-13/h9-10,12,17H,3-8,11H2,1-2H3. The molecule has 17 heavy (non-hydrogen) atoms. The van der Waals surface area contributed by atoms with Crippen LogP contribution in [-0.4, -0.2) is 10.7 Å². The molecule has 0 aromatic heterocycles. The van der Waals surface area contributed by atoms with Gasteiger partial charge in [0, 0.05) is 0 Å². The van der Waals surface area contributed by atoms with E-state index in [-0.39, 0.29) is 0 Å². The van der Waals surface area contributed by atoms with Gasteiger partial charge >= 0.3 is 0 Å². The largest absolute Gasteiger partial charge is 0.390 e. The van der Waals surface area contributed by atoms with Crippen molar-refractivity contribution in [1.29, 1.82) is 0 Å². The average molecular weight is 232 g/mol. The van der Waals surface area contributed by atoms with Crippen LogP contribution in [0.15, 0.2) is 18.2 Å². The third-order valence-corrected chi connectivity index (χ3v) is 3.67. The van der Waals surface area contributed by atoms with Crippen LogP contribution in [0.1, 0.15) is 56.2 Å². The zero-order chi connectivity index (χ0) is 12.3. The van der Waals surface area contributed by atoms with Gasteiger partial charge in [0.05, 0.1) is 5.60 Å². The molecule has 0 radical (unpaired) electrons. The highest BCUT2D eigenvalue weighted by Crippen LogP contribution is 2.23. The van der Waals surface area contributed by atoms with Crippen molar-refractivity contribution >= 4 is 0 Å². The Morgan fingerprint density at radius 2 is 1.82 bits per heavy atom. The van der Waals surface area contributed by atoms with Crippen LogP contribution in [0, 0.1) is 0 Å². The lowest BCUT2D eigenvalue weighted by Crippen LogP contribution is -2.18. The Morgan fingerprint density at radius 1 is 1.12 bits per heavy atom. The normalized spacial score (nSPS) is 15.7. The van der Waals surface area contributed by atoms with Gasteiger partial charge in [-0.3, -0.25) is 0 Å². The summed E-state index contributed by atoms with van der Waals surface area (Å²) in [7, 11) is 0. The molecule has 1 nitrogen and oxygen atoms in total. The van der Waals surface area contributed by atoms with Crippen molar-refractivity contribution in [1.82, 2.24) is 0 Å². The minimum Gasteiger partial charge on any atom is -0.390 e. The topological polar surface area (TPSA) is 20.2 Å². The van der Waals surface area contributed by atoms with Gasteiger partial charge in [-0.25, -0.2) is 0 Å². The second kappa shape index (κ2) is 5.22. The predicted molar refractivity (Wildman–Crippen MR) is 72.3 cm³/mol. The Hall–Kier alpha value is -0.820. The molecule has 0 bridgehead atoms. The van der Waals surface area contributed by atoms with Gasteiger partial charge in [-0.1, -0.05) is 18.2 Å². The molecule has 94 valence electrons. The average Bonchev–Trinajstić information content (AvgIpc) is 2.27. The van der Waals surface area contributed by atoms with Crippen molar-refractivity contribution in [2.45, 2.75) is 64.4 Å². The maximum Gasteiger partial charge on any atom is 0.0591 e. The third-order valence-electron chi connectivity index (χ3n) is 3.67. The highest BCUT2D eigenvalue weighted by molar-refractivity contribution is 5.33. The number of benzene rings is 1. The molecule has 1 aromatic carbocycles. The van der Waals surface area contributed by atoms with E-state index < -0.39 is 5.60 Å². The predicted octanol–water partition coefficient (Wildman–Crippen LogP) is 3.66. The molecule has 1 heteroatoms. The summed E-state index contributed by atoms with van der Waals surface area (Å²) in [6, 6.07) is 6.97. The van der Waals surface area contributed by atoms with E-state index in [9.17, 15) is 5.11 Å². The van der Waals surface area contributed by atoms with Gasteiger partial charge in [0.2, 0.25) is 0 Å². The number of aryl methyl sites for hydroxylation is 3. The molecule has 0 amide bonds. The molecule has 0 unspecified atom stereocenters. The van der Waals surface area contributed by atoms with Gasteiger partial charge in [0.15, 0.2) is 0 Å². The Labute approximate surface area is 105 Å². The van der Waals surface area contributed by atoms with Crippen LogP contribution >= 0.6 is 0 Å². The zero-order valence-corrected chi connectivity index (χ0v) is 11.1. The molecule has 0 saturated carbocycles. The molecular formula is C16H24O. The number of rotatable bonds is 4. The highest BCUT2D eigenvalue weighted by atomic mass is 16.3. The SMILES string of the molecule is CC(C)(O)CCCc1ccc2c(c1)CCCC2. The van der Waals surface area contributed by atoms with Crippen LogP contribution < -0.4 is 0 Å². The molecule has 0 atom stereocenters. The van der Waals surface area contributed by atoms with Crippen molar-refractivity contribution in [2.75, 3.05) is 0 Å². The van der Waals surface area contributed by atoms with Crippen molar-refractivity contribution < 1.29 is 5.11 Å². The van der Waals surface area contributed by atoms with Crippen molar-refractivity contribution in [3.8, 4) is 0 Å². The fourth-order valence-electron chi connectivity index (χ4n) is 2.67. The summed E-state index contributed by atoms with van der Waals surface area (Å²) in [6.45, 7) is 3.78. The Bertz CT molecular complexity index is 374. The minimum atomic E-state index is -0.520. The third kappa shape index (κ3) is 3.85. The summed E-state index contributed by atoms with van der Waals surface area (Å²) in [5.74, 6) is 0. The molecule has 2 rings (SSSR count). The van der Waals surface area contributed by atoms with Gasteiger partial charge in [0.25, 0.3) is 0 Å². The first-order chi connectivity index (χ1) is 8.04. The maximum atomic E-state index is 9.69. The van der Waals surface area contributed by atoms with E-state index in [0.717, 1.165) is 19.3 Å². The Balaban J connectivity index is 1.93. The fourth-order valence-corrected chi connectivity index (χ4v) is 2.67. The van der Waals surface area contributed by atoms with E-state index in [1.54, 1.807) is 11.1 Å². The monoisotopic (exact) mass is 232 g/mol. The van der Waals surface area contributed by atoms with E-state index in [0.29, 0.717) is 0 Å². The van der Waals surface area contributed by atoms with E-state index in [1.807, 2.05) is 13.8 Å². The van der Waals surface area contributed by atoms with E-state index in [2.05, 4.69) is 18.2 Å². The minimum absolute atomic E-state index is 0.520. The van der Waals surface area contributed by atoms with Crippen molar-refractivity contribution in [3.63, 3.8) is 0 Å². The first kappa shape index (κ1) is 12.6. The molecule has 0 aliphatic heterocycles. The molecule has 0 saturated heterocycles. The van der Waals surface area contributed by atoms with Gasteiger partial charge in [-0.2, -0.15) is 0 Å². The smallest absolute Gasteiger partial charge is 0.0591 e. The van der Waals surface area contributed by atoms with Gasteiger partial charge in [-0.15, -0.1) is 0 Å². The molecule has 0 spiro atoms. The molecule has 0 fully saturated rings. The van der Waals surface area contributed by atoms with Crippen LogP contribution in [0.3, 0.4) is 0 Å². The summed E-state index contributed by atoms with van der Waals surface area (Å²) >= 11 is 0. The van der Waals surface area contributed by atoms with Gasteiger partial charge < -0.3 is 5.11 Å². The molecular weight excluding hydrogens is 208 g/mol. The summed E-state index contributed by atoms with van der Waals surface area (Å²) < 4.78 is 0. The van der Waals surface area contributed by atoms with Crippen LogP contribution in [0.2, 0.25) is 0 Å². The van der Waals surface area contributed by atoms with Crippen molar-refractivity contribution in [3.05, 3.63) is 34.9 Å². The van der Waals surface area contributed by atoms with Crippen LogP contribution in [0.25, 0.3) is 0 Å². The lowest BCUT2D eigenvalue weighted by atomic mass is 9.89. The van der Waals surface area contributed by atoms with E-state index >= 15 is 0 Å².